The highest BCUT2D eigenvalue weighted by Gasteiger charge is 2.32. The molecule has 0 bridgehead atoms. The van der Waals surface area contributed by atoms with Crippen molar-refractivity contribution in [3.63, 3.8) is 0 Å². The molecule has 1 aromatic heterocycles. The summed E-state index contributed by atoms with van der Waals surface area (Å²) in [5.41, 5.74) is 4.22. The van der Waals surface area contributed by atoms with Crippen LogP contribution < -0.4 is 0 Å². The first-order valence-electron chi connectivity index (χ1n) is 8.91. The van der Waals surface area contributed by atoms with Crippen molar-refractivity contribution in [2.24, 2.45) is 0 Å². The van der Waals surface area contributed by atoms with Gasteiger partial charge in [0.15, 0.2) is 0 Å². The Morgan fingerprint density at radius 2 is 1.88 bits per heavy atom. The number of aryl methyl sites for hydroxylation is 2. The van der Waals surface area contributed by atoms with Gasteiger partial charge in [-0.25, -0.2) is 0 Å². The maximum Gasteiger partial charge on any atom is 0.315 e. The first-order valence-corrected chi connectivity index (χ1v) is 8.91. The number of carbonyl (C=O) groups excluding carboxylic acids is 2. The molecule has 2 aromatic rings. The molecular formula is C21H25NO3. The van der Waals surface area contributed by atoms with Crippen LogP contribution in [0.25, 0.3) is 0 Å². The predicted octanol–water partition coefficient (Wildman–Crippen LogP) is 4.16. The van der Waals surface area contributed by atoms with Crippen LogP contribution in [0.5, 0.6) is 0 Å². The van der Waals surface area contributed by atoms with Crippen LogP contribution >= 0.6 is 0 Å². The van der Waals surface area contributed by atoms with Gasteiger partial charge in [-0.1, -0.05) is 24.3 Å². The summed E-state index contributed by atoms with van der Waals surface area (Å²) in [6, 6.07) is 9.62. The fourth-order valence-electron chi connectivity index (χ4n) is 3.65. The van der Waals surface area contributed by atoms with E-state index in [1.54, 1.807) is 0 Å². The Bertz CT molecular complexity index is 817. The molecule has 0 N–H and O–H groups in total. The van der Waals surface area contributed by atoms with Gasteiger partial charge in [0.05, 0.1) is 17.7 Å². The minimum Gasteiger partial charge on any atom is -0.462 e. The van der Waals surface area contributed by atoms with E-state index >= 15 is 0 Å². The zero-order chi connectivity index (χ0) is 18.1. The monoisotopic (exact) mass is 339 g/mol. The molecule has 0 spiro atoms. The molecular weight excluding hydrogens is 314 g/mol. The van der Waals surface area contributed by atoms with Crippen LogP contribution in [-0.2, 0) is 16.1 Å². The highest BCUT2D eigenvalue weighted by Crippen LogP contribution is 2.34. The highest BCUT2D eigenvalue weighted by atomic mass is 16.5. The van der Waals surface area contributed by atoms with Crippen LogP contribution in [0.15, 0.2) is 30.3 Å². The number of aromatic nitrogens is 1. The number of nitrogens with zero attached hydrogens (tertiary/aromatic N) is 1. The Balaban J connectivity index is 2.02. The van der Waals surface area contributed by atoms with Gasteiger partial charge in [-0.2, -0.15) is 0 Å². The van der Waals surface area contributed by atoms with Gasteiger partial charge in [0.1, 0.15) is 0 Å². The van der Waals surface area contributed by atoms with Gasteiger partial charge in [0, 0.05) is 17.8 Å². The van der Waals surface area contributed by atoms with E-state index in [2.05, 4.69) is 0 Å². The molecule has 4 nitrogen and oxygen atoms in total. The number of hydrogen-bond acceptors (Lipinski definition) is 3. The second kappa shape index (κ2) is 6.87. The minimum atomic E-state index is -0.284. The average Bonchev–Trinajstić information content (AvgIpc) is 2.89. The van der Waals surface area contributed by atoms with E-state index in [1.165, 1.54) is 0 Å². The van der Waals surface area contributed by atoms with Crippen LogP contribution in [0.3, 0.4) is 0 Å². The molecule has 0 saturated heterocycles. The number of hydrogen-bond donors (Lipinski definition) is 0. The summed E-state index contributed by atoms with van der Waals surface area (Å²) in [7, 11) is 0. The van der Waals surface area contributed by atoms with Crippen molar-refractivity contribution in [2.75, 3.05) is 0 Å². The highest BCUT2D eigenvalue weighted by molar-refractivity contribution is 6.10. The molecule has 1 unspecified atom stereocenters. The van der Waals surface area contributed by atoms with Crippen molar-refractivity contribution in [3.8, 4) is 0 Å². The topological polar surface area (TPSA) is 48.3 Å². The summed E-state index contributed by atoms with van der Waals surface area (Å²) in [5, 5.41) is 0. The smallest absolute Gasteiger partial charge is 0.315 e. The molecule has 0 radical (unpaired) electrons. The molecule has 0 aliphatic carbocycles. The van der Waals surface area contributed by atoms with Gasteiger partial charge in [-0.3, -0.25) is 9.59 Å². The third-order valence-corrected chi connectivity index (χ3v) is 4.79. The van der Waals surface area contributed by atoms with E-state index in [0.717, 1.165) is 41.8 Å². The summed E-state index contributed by atoms with van der Waals surface area (Å²) in [4.78, 5) is 25.6. The Hall–Kier alpha value is -2.36. The Labute approximate surface area is 148 Å². The lowest BCUT2D eigenvalue weighted by atomic mass is 9.96. The Morgan fingerprint density at radius 1 is 1.16 bits per heavy atom. The second-order valence-electron chi connectivity index (χ2n) is 7.08. The van der Waals surface area contributed by atoms with Gasteiger partial charge >= 0.3 is 5.97 Å². The van der Waals surface area contributed by atoms with Crippen molar-refractivity contribution in [2.45, 2.75) is 59.1 Å². The van der Waals surface area contributed by atoms with Crippen molar-refractivity contribution in [3.05, 3.63) is 58.4 Å². The Kier molecular flexibility index (Phi) is 4.80. The standard InChI is InChI=1S/C21H25NO3/c1-13(2)25-21(24)17-10-7-11-22-18(17)12-15(4)19(22)20(23)16-9-6-5-8-14(16)3/h5-6,8-9,12-13,17H,7,10-11H2,1-4H3. The van der Waals surface area contributed by atoms with Gasteiger partial charge < -0.3 is 9.30 Å². The summed E-state index contributed by atoms with van der Waals surface area (Å²) >= 11 is 0. The summed E-state index contributed by atoms with van der Waals surface area (Å²) in [6.45, 7) is 8.38. The summed E-state index contributed by atoms with van der Waals surface area (Å²) < 4.78 is 7.45. The van der Waals surface area contributed by atoms with E-state index in [0.29, 0.717) is 5.69 Å². The lowest BCUT2D eigenvalue weighted by Gasteiger charge is -2.25. The molecule has 1 aliphatic rings. The first-order chi connectivity index (χ1) is 11.9. The number of fused-ring (bicyclic) bond motifs is 1. The normalized spacial score (nSPS) is 16.6. The molecule has 132 valence electrons. The molecule has 1 atom stereocenters. The van der Waals surface area contributed by atoms with Crippen molar-refractivity contribution >= 4 is 11.8 Å². The number of ketones is 1. The van der Waals surface area contributed by atoms with Crippen LogP contribution in [0.2, 0.25) is 0 Å². The minimum absolute atomic E-state index is 0.0275. The maximum atomic E-state index is 13.1. The largest absolute Gasteiger partial charge is 0.462 e. The van der Waals surface area contributed by atoms with Crippen LogP contribution in [0.4, 0.5) is 0 Å². The predicted molar refractivity (Wildman–Crippen MR) is 97.0 cm³/mol. The molecule has 0 fully saturated rings. The molecule has 2 heterocycles. The third-order valence-electron chi connectivity index (χ3n) is 4.79. The SMILES string of the molecule is Cc1ccccc1C(=O)c1c(C)cc2n1CCCC2C(=O)OC(C)C. The van der Waals surface area contributed by atoms with Crippen LogP contribution in [0, 0.1) is 13.8 Å². The molecule has 3 rings (SSSR count). The van der Waals surface area contributed by atoms with E-state index in [9.17, 15) is 9.59 Å². The van der Waals surface area contributed by atoms with Gasteiger partial charge in [0.2, 0.25) is 5.78 Å². The summed E-state index contributed by atoms with van der Waals surface area (Å²) in [6.07, 6.45) is 1.51. The zero-order valence-corrected chi connectivity index (χ0v) is 15.3. The van der Waals surface area contributed by atoms with Crippen LogP contribution in [0.1, 0.15) is 65.5 Å². The molecule has 0 saturated carbocycles. The number of carbonyl (C=O) groups is 2. The van der Waals surface area contributed by atoms with Crippen molar-refractivity contribution in [1.29, 1.82) is 0 Å². The molecule has 25 heavy (non-hydrogen) atoms. The summed E-state index contributed by atoms with van der Waals surface area (Å²) in [5.74, 6) is -0.448. The van der Waals surface area contributed by atoms with E-state index in [1.807, 2.05) is 62.6 Å². The average molecular weight is 339 g/mol. The lowest BCUT2D eigenvalue weighted by Crippen LogP contribution is -2.27. The van der Waals surface area contributed by atoms with Gasteiger partial charge in [-0.05, 0) is 57.7 Å². The van der Waals surface area contributed by atoms with Crippen molar-refractivity contribution in [1.82, 2.24) is 4.57 Å². The van der Waals surface area contributed by atoms with Gasteiger partial charge in [0.25, 0.3) is 0 Å². The van der Waals surface area contributed by atoms with E-state index in [-0.39, 0.29) is 23.8 Å². The fraction of sp³-hybridized carbons (Fsp3) is 0.429. The third kappa shape index (κ3) is 3.26. The quantitative estimate of drug-likeness (QED) is 0.620. The molecule has 1 aromatic carbocycles. The van der Waals surface area contributed by atoms with Crippen molar-refractivity contribution < 1.29 is 14.3 Å². The number of rotatable bonds is 4. The van der Waals surface area contributed by atoms with E-state index < -0.39 is 0 Å². The number of ether oxygens (including phenoxy) is 1. The molecule has 0 amide bonds. The van der Waals surface area contributed by atoms with Gasteiger partial charge in [-0.15, -0.1) is 0 Å². The second-order valence-corrected chi connectivity index (χ2v) is 7.08. The van der Waals surface area contributed by atoms with E-state index in [4.69, 9.17) is 4.74 Å². The van der Waals surface area contributed by atoms with Crippen LogP contribution in [-0.4, -0.2) is 22.4 Å². The maximum absolute atomic E-state index is 13.1. The lowest BCUT2D eigenvalue weighted by molar-refractivity contribution is -0.149. The molecule has 4 heteroatoms. The number of esters is 1. The Morgan fingerprint density at radius 3 is 2.56 bits per heavy atom. The first kappa shape index (κ1) is 17.5. The fourth-order valence-corrected chi connectivity index (χ4v) is 3.65. The zero-order valence-electron chi connectivity index (χ0n) is 15.3. The number of benzene rings is 1. The molecule has 1 aliphatic heterocycles.